The maximum absolute atomic E-state index is 12.0. The minimum atomic E-state index is -0.0799. The fourth-order valence-corrected chi connectivity index (χ4v) is 2.07. The van der Waals surface area contributed by atoms with E-state index in [0.717, 1.165) is 12.2 Å². The van der Waals surface area contributed by atoms with Crippen LogP contribution in [-0.2, 0) is 13.0 Å². The van der Waals surface area contributed by atoms with Crippen LogP contribution in [0.1, 0.15) is 42.5 Å². The zero-order chi connectivity index (χ0) is 14.6. The van der Waals surface area contributed by atoms with Gasteiger partial charge >= 0.3 is 0 Å². The highest BCUT2D eigenvalue weighted by atomic mass is 16.3. The summed E-state index contributed by atoms with van der Waals surface area (Å²) < 4.78 is 5.18. The molecule has 1 amide bonds. The molecule has 0 radical (unpaired) electrons. The Labute approximate surface area is 120 Å². The quantitative estimate of drug-likeness (QED) is 0.919. The summed E-state index contributed by atoms with van der Waals surface area (Å²) in [5.41, 5.74) is 2.18. The second-order valence-electron chi connectivity index (χ2n) is 6.20. The molecule has 0 bridgehead atoms. The molecule has 106 valence electrons. The van der Waals surface area contributed by atoms with Gasteiger partial charge in [0.05, 0.1) is 12.8 Å². The van der Waals surface area contributed by atoms with Gasteiger partial charge in [0.2, 0.25) is 0 Å². The van der Waals surface area contributed by atoms with E-state index in [1.807, 2.05) is 36.4 Å². The second-order valence-corrected chi connectivity index (χ2v) is 6.20. The van der Waals surface area contributed by atoms with E-state index < -0.39 is 0 Å². The standard InChI is InChI=1S/C17H21NO2/c1-17(2,3)11-13-6-8-14(9-7-13)16(19)18-12-15-5-4-10-20-15/h4-10H,11-12H2,1-3H3,(H,18,19). The van der Waals surface area contributed by atoms with E-state index in [1.165, 1.54) is 5.56 Å². The molecule has 0 aliphatic carbocycles. The van der Waals surface area contributed by atoms with Gasteiger partial charge in [0.15, 0.2) is 0 Å². The lowest BCUT2D eigenvalue weighted by Gasteiger charge is -2.18. The molecule has 2 aromatic rings. The predicted molar refractivity (Wildman–Crippen MR) is 79.5 cm³/mol. The van der Waals surface area contributed by atoms with Gasteiger partial charge in [-0.3, -0.25) is 4.79 Å². The molecule has 1 aromatic carbocycles. The molecule has 0 saturated carbocycles. The average molecular weight is 271 g/mol. The molecule has 0 atom stereocenters. The molecule has 0 spiro atoms. The summed E-state index contributed by atoms with van der Waals surface area (Å²) in [5.74, 6) is 0.673. The molecule has 0 aliphatic heterocycles. The van der Waals surface area contributed by atoms with Gasteiger partial charge < -0.3 is 9.73 Å². The number of hydrogen-bond donors (Lipinski definition) is 1. The summed E-state index contributed by atoms with van der Waals surface area (Å²) in [6, 6.07) is 11.4. The zero-order valence-electron chi connectivity index (χ0n) is 12.3. The molecule has 2 rings (SSSR count). The lowest BCUT2D eigenvalue weighted by Crippen LogP contribution is -2.22. The third kappa shape index (κ3) is 4.26. The van der Waals surface area contributed by atoms with Gasteiger partial charge in [-0.25, -0.2) is 0 Å². The number of carbonyl (C=O) groups excluding carboxylic acids is 1. The Hall–Kier alpha value is -2.03. The number of benzene rings is 1. The second kappa shape index (κ2) is 5.95. The van der Waals surface area contributed by atoms with Crippen molar-refractivity contribution in [2.45, 2.75) is 33.7 Å². The lowest BCUT2D eigenvalue weighted by molar-refractivity contribution is 0.0948. The molecule has 0 saturated heterocycles. The smallest absolute Gasteiger partial charge is 0.251 e. The van der Waals surface area contributed by atoms with E-state index in [-0.39, 0.29) is 11.3 Å². The largest absolute Gasteiger partial charge is 0.467 e. The minimum Gasteiger partial charge on any atom is -0.467 e. The van der Waals surface area contributed by atoms with Crippen LogP contribution in [0.25, 0.3) is 0 Å². The van der Waals surface area contributed by atoms with E-state index in [0.29, 0.717) is 12.1 Å². The van der Waals surface area contributed by atoms with Crippen molar-refractivity contribution in [2.24, 2.45) is 5.41 Å². The molecule has 0 unspecified atom stereocenters. The molecule has 20 heavy (non-hydrogen) atoms. The Balaban J connectivity index is 1.93. The van der Waals surface area contributed by atoms with Crippen LogP contribution in [0.2, 0.25) is 0 Å². The molecule has 0 fully saturated rings. The van der Waals surface area contributed by atoms with Gasteiger partial charge in [-0.2, -0.15) is 0 Å². The highest BCUT2D eigenvalue weighted by Gasteiger charge is 2.12. The zero-order valence-corrected chi connectivity index (χ0v) is 12.3. The maximum Gasteiger partial charge on any atom is 0.251 e. The third-order valence-electron chi connectivity index (χ3n) is 2.95. The van der Waals surface area contributed by atoms with Gasteiger partial charge in [-0.15, -0.1) is 0 Å². The molecule has 3 nitrogen and oxygen atoms in total. The first-order valence-corrected chi connectivity index (χ1v) is 6.83. The van der Waals surface area contributed by atoms with E-state index in [4.69, 9.17) is 4.42 Å². The van der Waals surface area contributed by atoms with Crippen molar-refractivity contribution in [3.8, 4) is 0 Å². The number of carbonyl (C=O) groups is 1. The topological polar surface area (TPSA) is 42.2 Å². The Kier molecular flexibility index (Phi) is 4.28. The van der Waals surface area contributed by atoms with Crippen LogP contribution in [-0.4, -0.2) is 5.91 Å². The van der Waals surface area contributed by atoms with Crippen LogP contribution in [0, 0.1) is 5.41 Å². The highest BCUT2D eigenvalue weighted by Crippen LogP contribution is 2.20. The van der Waals surface area contributed by atoms with Crippen molar-refractivity contribution in [3.05, 3.63) is 59.5 Å². The van der Waals surface area contributed by atoms with Crippen LogP contribution in [0.4, 0.5) is 0 Å². The lowest BCUT2D eigenvalue weighted by atomic mass is 9.88. The van der Waals surface area contributed by atoms with E-state index in [1.54, 1.807) is 6.26 Å². The number of furan rings is 1. The van der Waals surface area contributed by atoms with Gasteiger partial charge in [0.1, 0.15) is 5.76 Å². The summed E-state index contributed by atoms with van der Waals surface area (Å²) in [6.45, 7) is 7.03. The Morgan fingerprint density at radius 2 is 1.85 bits per heavy atom. The van der Waals surface area contributed by atoms with Gasteiger partial charge in [-0.05, 0) is 41.7 Å². The van der Waals surface area contributed by atoms with E-state index >= 15 is 0 Å². The van der Waals surface area contributed by atoms with Crippen LogP contribution in [0.15, 0.2) is 47.1 Å². The number of hydrogen-bond acceptors (Lipinski definition) is 2. The first-order valence-electron chi connectivity index (χ1n) is 6.83. The van der Waals surface area contributed by atoms with Crippen molar-refractivity contribution in [3.63, 3.8) is 0 Å². The molecule has 1 N–H and O–H groups in total. The summed E-state index contributed by atoms with van der Waals surface area (Å²) >= 11 is 0. The first kappa shape index (κ1) is 14.4. The van der Waals surface area contributed by atoms with Gasteiger partial charge in [0.25, 0.3) is 5.91 Å². The summed E-state index contributed by atoms with van der Waals surface area (Å²) in [7, 11) is 0. The summed E-state index contributed by atoms with van der Waals surface area (Å²) in [4.78, 5) is 12.0. The SMILES string of the molecule is CC(C)(C)Cc1ccc(C(=O)NCc2ccco2)cc1. The fourth-order valence-electron chi connectivity index (χ4n) is 2.07. The molecule has 1 aromatic heterocycles. The molecule has 1 heterocycles. The minimum absolute atomic E-state index is 0.0799. The van der Waals surface area contributed by atoms with Crippen LogP contribution in [0.3, 0.4) is 0 Å². The molecule has 0 aliphatic rings. The Morgan fingerprint density at radius 3 is 2.40 bits per heavy atom. The Morgan fingerprint density at radius 1 is 1.15 bits per heavy atom. The van der Waals surface area contributed by atoms with Crippen molar-refractivity contribution >= 4 is 5.91 Å². The normalized spacial score (nSPS) is 11.3. The number of rotatable bonds is 4. The van der Waals surface area contributed by atoms with Crippen LogP contribution in [0.5, 0.6) is 0 Å². The summed E-state index contributed by atoms with van der Waals surface area (Å²) in [5, 5.41) is 2.84. The van der Waals surface area contributed by atoms with Crippen molar-refractivity contribution < 1.29 is 9.21 Å². The van der Waals surface area contributed by atoms with Crippen LogP contribution < -0.4 is 5.32 Å². The van der Waals surface area contributed by atoms with Crippen molar-refractivity contribution in [1.29, 1.82) is 0 Å². The number of nitrogens with one attached hydrogen (secondary N) is 1. The molecular formula is C17H21NO2. The van der Waals surface area contributed by atoms with E-state index in [9.17, 15) is 4.79 Å². The van der Waals surface area contributed by atoms with Gasteiger partial charge in [-0.1, -0.05) is 32.9 Å². The molecular weight excluding hydrogens is 250 g/mol. The fraction of sp³-hybridized carbons (Fsp3) is 0.353. The van der Waals surface area contributed by atoms with Crippen LogP contribution >= 0.6 is 0 Å². The third-order valence-corrected chi connectivity index (χ3v) is 2.95. The Bertz CT molecular complexity index is 548. The van der Waals surface area contributed by atoms with E-state index in [2.05, 4.69) is 26.1 Å². The van der Waals surface area contributed by atoms with Crippen molar-refractivity contribution in [1.82, 2.24) is 5.32 Å². The first-order chi connectivity index (χ1) is 9.44. The summed E-state index contributed by atoms with van der Waals surface area (Å²) in [6.07, 6.45) is 2.60. The highest BCUT2D eigenvalue weighted by molar-refractivity contribution is 5.94. The predicted octanol–water partition coefficient (Wildman–Crippen LogP) is 3.80. The molecule has 3 heteroatoms. The van der Waals surface area contributed by atoms with Gasteiger partial charge in [0, 0.05) is 5.56 Å². The van der Waals surface area contributed by atoms with Crippen molar-refractivity contribution in [2.75, 3.05) is 0 Å². The maximum atomic E-state index is 12.0. The number of amides is 1. The average Bonchev–Trinajstić information content (AvgIpc) is 2.88. The monoisotopic (exact) mass is 271 g/mol.